The molecule has 3 N–H and O–H groups in total. The van der Waals surface area contributed by atoms with Crippen LogP contribution in [0.15, 0.2) is 23.1 Å². The smallest absolute Gasteiger partial charge is 0.292 e. The average Bonchev–Trinajstić information content (AvgIpc) is 2.26. The zero-order chi connectivity index (χ0) is 15.7. The van der Waals surface area contributed by atoms with Crippen molar-refractivity contribution in [3.63, 3.8) is 0 Å². The zero-order valence-corrected chi connectivity index (χ0v) is 12.7. The fourth-order valence-corrected chi connectivity index (χ4v) is 2.83. The summed E-state index contributed by atoms with van der Waals surface area (Å²) < 4.78 is 26.9. The standard InChI is InChI=1S/C12H19N3O4S/c1-8(12(2,3)4)14-20(18,19)9-5-6-11(15(16)17)10(13)7-9/h5-8,14H,13H2,1-4H3. The first-order chi connectivity index (χ1) is 8.95. The van der Waals surface area contributed by atoms with E-state index in [2.05, 4.69) is 4.72 Å². The van der Waals surface area contributed by atoms with Crippen LogP contribution in [0.1, 0.15) is 27.7 Å². The number of nitrogen functional groups attached to an aromatic ring is 1. The summed E-state index contributed by atoms with van der Waals surface area (Å²) in [6, 6.07) is 3.05. The maximum Gasteiger partial charge on any atom is 0.292 e. The Kier molecular flexibility index (Phi) is 4.40. The number of nitro groups is 1. The molecule has 0 spiro atoms. The van der Waals surface area contributed by atoms with Gasteiger partial charge >= 0.3 is 0 Å². The van der Waals surface area contributed by atoms with Crippen LogP contribution in [-0.4, -0.2) is 19.4 Å². The van der Waals surface area contributed by atoms with Crippen molar-refractivity contribution in [1.29, 1.82) is 0 Å². The normalized spacial score (nSPS) is 14.0. The molecular formula is C12H19N3O4S. The van der Waals surface area contributed by atoms with Crippen LogP contribution < -0.4 is 10.5 Å². The Balaban J connectivity index is 3.11. The van der Waals surface area contributed by atoms with Crippen LogP contribution in [0, 0.1) is 15.5 Å². The quantitative estimate of drug-likeness (QED) is 0.500. The summed E-state index contributed by atoms with van der Waals surface area (Å²) in [5.74, 6) is 0. The lowest BCUT2D eigenvalue weighted by atomic mass is 9.89. The minimum Gasteiger partial charge on any atom is -0.393 e. The van der Waals surface area contributed by atoms with E-state index in [4.69, 9.17) is 5.73 Å². The number of benzene rings is 1. The van der Waals surface area contributed by atoms with Crippen LogP contribution in [0.3, 0.4) is 0 Å². The lowest BCUT2D eigenvalue weighted by Crippen LogP contribution is -2.41. The van der Waals surface area contributed by atoms with Gasteiger partial charge in [-0.25, -0.2) is 13.1 Å². The van der Waals surface area contributed by atoms with Crippen molar-refractivity contribution in [2.45, 2.75) is 38.6 Å². The number of nitrogens with zero attached hydrogens (tertiary/aromatic N) is 1. The van der Waals surface area contributed by atoms with Crippen molar-refractivity contribution < 1.29 is 13.3 Å². The second-order valence-electron chi connectivity index (χ2n) is 5.69. The molecule has 7 nitrogen and oxygen atoms in total. The maximum atomic E-state index is 12.2. The number of nitro benzene ring substituents is 1. The fraction of sp³-hybridized carbons (Fsp3) is 0.500. The van der Waals surface area contributed by atoms with Gasteiger partial charge in [0, 0.05) is 12.1 Å². The van der Waals surface area contributed by atoms with Gasteiger partial charge in [-0.2, -0.15) is 0 Å². The van der Waals surface area contributed by atoms with Gasteiger partial charge in [0.15, 0.2) is 0 Å². The largest absolute Gasteiger partial charge is 0.393 e. The van der Waals surface area contributed by atoms with Crippen LogP contribution in [0.2, 0.25) is 0 Å². The Bertz CT molecular complexity index is 620. The molecule has 0 aliphatic carbocycles. The van der Waals surface area contributed by atoms with Gasteiger partial charge in [0.1, 0.15) is 5.69 Å². The molecule has 1 atom stereocenters. The second-order valence-corrected chi connectivity index (χ2v) is 7.40. The van der Waals surface area contributed by atoms with E-state index in [1.54, 1.807) is 6.92 Å². The van der Waals surface area contributed by atoms with Gasteiger partial charge in [0.25, 0.3) is 5.69 Å². The first-order valence-corrected chi connectivity index (χ1v) is 7.49. The van der Waals surface area contributed by atoms with Gasteiger partial charge in [-0.15, -0.1) is 0 Å². The van der Waals surface area contributed by atoms with Crippen molar-refractivity contribution in [2.24, 2.45) is 5.41 Å². The minimum atomic E-state index is -3.76. The summed E-state index contributed by atoms with van der Waals surface area (Å²) in [5.41, 5.74) is 4.76. The van der Waals surface area contributed by atoms with Crippen LogP contribution in [0.5, 0.6) is 0 Å². The van der Waals surface area contributed by atoms with Gasteiger partial charge in [0.2, 0.25) is 10.0 Å². The number of rotatable bonds is 4. The third-order valence-electron chi connectivity index (χ3n) is 3.14. The number of sulfonamides is 1. The minimum absolute atomic E-state index is 0.0864. The van der Waals surface area contributed by atoms with Crippen molar-refractivity contribution in [3.05, 3.63) is 28.3 Å². The molecule has 1 unspecified atom stereocenters. The Morgan fingerprint density at radius 2 is 1.90 bits per heavy atom. The molecule has 0 heterocycles. The van der Waals surface area contributed by atoms with Gasteiger partial charge < -0.3 is 5.73 Å². The Hall–Kier alpha value is -1.67. The lowest BCUT2D eigenvalue weighted by molar-refractivity contribution is -0.383. The predicted octanol–water partition coefficient (Wildman–Crippen LogP) is 1.89. The summed E-state index contributed by atoms with van der Waals surface area (Å²) in [7, 11) is -3.76. The highest BCUT2D eigenvalue weighted by atomic mass is 32.2. The lowest BCUT2D eigenvalue weighted by Gasteiger charge is -2.27. The van der Waals surface area contributed by atoms with E-state index in [9.17, 15) is 18.5 Å². The predicted molar refractivity (Wildman–Crippen MR) is 76.7 cm³/mol. The fourth-order valence-electron chi connectivity index (χ4n) is 1.34. The highest BCUT2D eigenvalue weighted by molar-refractivity contribution is 7.89. The van der Waals surface area contributed by atoms with Crippen molar-refractivity contribution in [2.75, 3.05) is 5.73 Å². The van der Waals surface area contributed by atoms with Crippen LogP contribution in [0.25, 0.3) is 0 Å². The van der Waals surface area contributed by atoms with Gasteiger partial charge in [0.05, 0.1) is 9.82 Å². The Morgan fingerprint density at radius 1 is 1.35 bits per heavy atom. The average molecular weight is 301 g/mol. The molecule has 0 aliphatic heterocycles. The molecule has 1 aromatic carbocycles. The van der Waals surface area contributed by atoms with Crippen molar-refractivity contribution >= 4 is 21.4 Å². The van der Waals surface area contributed by atoms with Crippen LogP contribution in [-0.2, 0) is 10.0 Å². The third kappa shape index (κ3) is 3.67. The van der Waals surface area contributed by atoms with E-state index in [-0.39, 0.29) is 27.7 Å². The third-order valence-corrected chi connectivity index (χ3v) is 4.68. The number of anilines is 1. The van der Waals surface area contributed by atoms with Crippen LogP contribution in [0.4, 0.5) is 11.4 Å². The number of nitrogens with two attached hydrogens (primary N) is 1. The Morgan fingerprint density at radius 3 is 2.30 bits per heavy atom. The van der Waals surface area contributed by atoms with E-state index in [1.807, 2.05) is 20.8 Å². The number of nitrogens with one attached hydrogen (secondary N) is 1. The second kappa shape index (κ2) is 5.37. The summed E-state index contributed by atoms with van der Waals surface area (Å²) in [6.45, 7) is 7.48. The summed E-state index contributed by atoms with van der Waals surface area (Å²) in [5, 5.41) is 10.7. The topological polar surface area (TPSA) is 115 Å². The van der Waals surface area contributed by atoms with E-state index in [0.717, 1.165) is 12.1 Å². The van der Waals surface area contributed by atoms with Crippen molar-refractivity contribution in [1.82, 2.24) is 4.72 Å². The number of hydrogen-bond acceptors (Lipinski definition) is 5. The van der Waals surface area contributed by atoms with E-state index < -0.39 is 14.9 Å². The molecule has 0 aliphatic rings. The first kappa shape index (κ1) is 16.4. The molecule has 0 amide bonds. The highest BCUT2D eigenvalue weighted by Gasteiger charge is 2.27. The molecule has 0 aromatic heterocycles. The zero-order valence-electron chi connectivity index (χ0n) is 11.9. The molecule has 0 radical (unpaired) electrons. The van der Waals surface area contributed by atoms with E-state index in [1.165, 1.54) is 6.07 Å². The summed E-state index contributed by atoms with van der Waals surface area (Å²) in [4.78, 5) is 9.91. The molecule has 1 rings (SSSR count). The SMILES string of the molecule is CC(NS(=O)(=O)c1ccc([N+](=O)[O-])c(N)c1)C(C)(C)C. The molecule has 1 aromatic rings. The first-order valence-electron chi connectivity index (χ1n) is 6.01. The molecule has 112 valence electrons. The summed E-state index contributed by atoms with van der Waals surface area (Å²) >= 11 is 0. The molecule has 0 saturated carbocycles. The number of hydrogen-bond donors (Lipinski definition) is 2. The highest BCUT2D eigenvalue weighted by Crippen LogP contribution is 2.26. The molecule has 0 bridgehead atoms. The molecule has 0 fully saturated rings. The molecule has 20 heavy (non-hydrogen) atoms. The van der Waals surface area contributed by atoms with E-state index >= 15 is 0 Å². The van der Waals surface area contributed by atoms with Crippen molar-refractivity contribution in [3.8, 4) is 0 Å². The molecular weight excluding hydrogens is 282 g/mol. The molecule has 0 saturated heterocycles. The monoisotopic (exact) mass is 301 g/mol. The summed E-state index contributed by atoms with van der Waals surface area (Å²) in [6.07, 6.45) is 0. The maximum absolute atomic E-state index is 12.2. The van der Waals surface area contributed by atoms with Gasteiger partial charge in [-0.3, -0.25) is 10.1 Å². The van der Waals surface area contributed by atoms with Gasteiger partial charge in [-0.05, 0) is 24.5 Å². The molecule has 8 heteroatoms. The Labute approximate surface area is 118 Å². The van der Waals surface area contributed by atoms with Gasteiger partial charge in [-0.1, -0.05) is 20.8 Å². The van der Waals surface area contributed by atoms with E-state index in [0.29, 0.717) is 0 Å². The van der Waals surface area contributed by atoms with Crippen LogP contribution >= 0.6 is 0 Å².